The average molecular weight is 408 g/mol. The molecule has 1 amide bonds. The molecule has 2 aromatic carbocycles. The van der Waals surface area contributed by atoms with Crippen molar-refractivity contribution in [1.82, 2.24) is 5.32 Å². The summed E-state index contributed by atoms with van der Waals surface area (Å²) >= 11 is 0. The van der Waals surface area contributed by atoms with Crippen LogP contribution in [0.2, 0.25) is 0 Å². The van der Waals surface area contributed by atoms with E-state index in [4.69, 9.17) is 4.74 Å². The third-order valence-electron chi connectivity index (χ3n) is 4.06. The summed E-state index contributed by atoms with van der Waals surface area (Å²) in [5.41, 5.74) is 1.20. The largest absolute Gasteiger partial charge is 0.491 e. The van der Waals surface area contributed by atoms with Crippen LogP contribution in [0.25, 0.3) is 0 Å². The van der Waals surface area contributed by atoms with Crippen LogP contribution in [-0.2, 0) is 14.8 Å². The number of hydrogen-bond donors (Lipinski definition) is 1. The molecule has 0 aromatic heterocycles. The van der Waals surface area contributed by atoms with E-state index in [1.54, 1.807) is 6.92 Å². The molecule has 28 heavy (non-hydrogen) atoms. The zero-order valence-corrected chi connectivity index (χ0v) is 17.2. The molecule has 0 fully saturated rings. The van der Waals surface area contributed by atoms with E-state index >= 15 is 0 Å². The second kappa shape index (κ2) is 9.05. The molecule has 0 spiro atoms. The molecule has 0 saturated carbocycles. The molecule has 0 saturated heterocycles. The summed E-state index contributed by atoms with van der Waals surface area (Å²) in [7, 11) is -3.80. The number of sulfonamides is 1. The van der Waals surface area contributed by atoms with Crippen LogP contribution in [-0.4, -0.2) is 39.3 Å². The lowest BCUT2D eigenvalue weighted by atomic mass is 10.2. The third kappa shape index (κ3) is 5.95. The summed E-state index contributed by atoms with van der Waals surface area (Å²) in [6.45, 7) is 5.40. The topological polar surface area (TPSA) is 75.7 Å². The minimum Gasteiger partial charge on any atom is -0.491 e. The van der Waals surface area contributed by atoms with Crippen LogP contribution in [0.1, 0.15) is 19.4 Å². The molecule has 0 aliphatic rings. The van der Waals surface area contributed by atoms with Gasteiger partial charge in [-0.2, -0.15) is 0 Å². The van der Waals surface area contributed by atoms with Crippen LogP contribution in [0.3, 0.4) is 0 Å². The number of anilines is 1. The fourth-order valence-electron chi connectivity index (χ4n) is 2.68. The zero-order chi connectivity index (χ0) is 20.9. The maximum atomic E-state index is 13.5. The standard InChI is InChI=1S/C20H25FN2O4S/c1-14-8-10-19(11-9-14)27-13-15(2)22-20(24)16(3)23(28(4,25)26)18-7-5-6-17(21)12-18/h5-12,15-16H,13H2,1-4H3,(H,22,24)/t15-,16-/m1/s1. The smallest absolute Gasteiger partial charge is 0.243 e. The normalized spacial score (nSPS) is 13.5. The van der Waals surface area contributed by atoms with Gasteiger partial charge in [-0.25, -0.2) is 12.8 Å². The highest BCUT2D eigenvalue weighted by molar-refractivity contribution is 7.92. The van der Waals surface area contributed by atoms with Gasteiger partial charge in [0.25, 0.3) is 0 Å². The van der Waals surface area contributed by atoms with Gasteiger partial charge in [0.1, 0.15) is 24.2 Å². The maximum Gasteiger partial charge on any atom is 0.243 e. The van der Waals surface area contributed by atoms with E-state index in [0.29, 0.717) is 5.75 Å². The minimum absolute atomic E-state index is 0.0914. The quantitative estimate of drug-likeness (QED) is 0.729. The Labute approximate surface area is 165 Å². The monoisotopic (exact) mass is 408 g/mol. The van der Waals surface area contributed by atoms with E-state index < -0.39 is 27.8 Å². The van der Waals surface area contributed by atoms with Crippen molar-refractivity contribution in [2.75, 3.05) is 17.2 Å². The van der Waals surface area contributed by atoms with Crippen molar-refractivity contribution >= 4 is 21.6 Å². The molecule has 2 atom stereocenters. The van der Waals surface area contributed by atoms with Crippen LogP contribution in [0.4, 0.5) is 10.1 Å². The molecule has 0 heterocycles. The predicted molar refractivity (Wildman–Crippen MR) is 107 cm³/mol. The lowest BCUT2D eigenvalue weighted by Crippen LogP contribution is -2.50. The van der Waals surface area contributed by atoms with Crippen LogP contribution < -0.4 is 14.4 Å². The van der Waals surface area contributed by atoms with Crippen molar-refractivity contribution in [3.63, 3.8) is 0 Å². The Kier molecular flexibility index (Phi) is 7.01. The number of carbonyl (C=O) groups is 1. The first kappa shape index (κ1) is 21.7. The Morgan fingerprint density at radius 3 is 2.39 bits per heavy atom. The highest BCUT2D eigenvalue weighted by atomic mass is 32.2. The fourth-order valence-corrected chi connectivity index (χ4v) is 3.85. The number of amides is 1. The van der Waals surface area contributed by atoms with Gasteiger partial charge < -0.3 is 10.1 Å². The summed E-state index contributed by atoms with van der Waals surface area (Å²) < 4.78 is 44.5. The first-order chi connectivity index (χ1) is 13.1. The highest BCUT2D eigenvalue weighted by Crippen LogP contribution is 2.21. The number of rotatable bonds is 8. The maximum absolute atomic E-state index is 13.5. The van der Waals surface area contributed by atoms with E-state index in [2.05, 4.69) is 5.32 Å². The Morgan fingerprint density at radius 1 is 1.18 bits per heavy atom. The lowest BCUT2D eigenvalue weighted by molar-refractivity contribution is -0.122. The molecule has 1 N–H and O–H groups in total. The van der Waals surface area contributed by atoms with E-state index in [1.165, 1.54) is 25.1 Å². The molecular formula is C20H25FN2O4S. The second-order valence-electron chi connectivity index (χ2n) is 6.75. The van der Waals surface area contributed by atoms with Crippen molar-refractivity contribution < 1.29 is 22.3 Å². The van der Waals surface area contributed by atoms with Gasteiger partial charge in [-0.15, -0.1) is 0 Å². The molecule has 2 rings (SSSR count). The molecule has 152 valence electrons. The highest BCUT2D eigenvalue weighted by Gasteiger charge is 2.30. The van der Waals surface area contributed by atoms with Crippen LogP contribution in [0.15, 0.2) is 48.5 Å². The summed E-state index contributed by atoms with van der Waals surface area (Å²) in [5.74, 6) is -0.411. The second-order valence-corrected chi connectivity index (χ2v) is 8.61. The molecule has 8 heteroatoms. The van der Waals surface area contributed by atoms with Crippen molar-refractivity contribution in [3.05, 3.63) is 59.9 Å². The van der Waals surface area contributed by atoms with Gasteiger partial charge in [-0.3, -0.25) is 9.10 Å². The first-order valence-electron chi connectivity index (χ1n) is 8.82. The van der Waals surface area contributed by atoms with Gasteiger partial charge in [0, 0.05) is 0 Å². The Bertz CT molecular complexity index is 916. The lowest BCUT2D eigenvalue weighted by Gasteiger charge is -2.29. The SMILES string of the molecule is Cc1ccc(OC[C@@H](C)NC(=O)[C@@H](C)N(c2cccc(F)c2)S(C)(=O)=O)cc1. The van der Waals surface area contributed by atoms with Crippen LogP contribution in [0, 0.1) is 12.7 Å². The molecule has 0 aliphatic carbocycles. The zero-order valence-electron chi connectivity index (χ0n) is 16.3. The van der Waals surface area contributed by atoms with Gasteiger partial charge in [0.05, 0.1) is 18.0 Å². The van der Waals surface area contributed by atoms with E-state index in [9.17, 15) is 17.6 Å². The Balaban J connectivity index is 2.04. The average Bonchev–Trinajstić information content (AvgIpc) is 2.60. The van der Waals surface area contributed by atoms with Gasteiger partial charge >= 0.3 is 0 Å². The predicted octanol–water partition coefficient (Wildman–Crippen LogP) is 2.87. The van der Waals surface area contributed by atoms with Gasteiger partial charge in [0.2, 0.25) is 15.9 Å². The number of benzene rings is 2. The van der Waals surface area contributed by atoms with Gasteiger partial charge in [-0.05, 0) is 51.1 Å². The first-order valence-corrected chi connectivity index (χ1v) is 10.7. The fraction of sp³-hybridized carbons (Fsp3) is 0.350. The molecule has 0 aliphatic heterocycles. The van der Waals surface area contributed by atoms with Crippen LogP contribution >= 0.6 is 0 Å². The molecule has 6 nitrogen and oxygen atoms in total. The number of nitrogens with one attached hydrogen (secondary N) is 1. The summed E-state index contributed by atoms with van der Waals surface area (Å²) in [6.07, 6.45) is 0.978. The number of nitrogens with zero attached hydrogens (tertiary/aromatic N) is 1. The minimum atomic E-state index is -3.80. The molecular weight excluding hydrogens is 383 g/mol. The Hall–Kier alpha value is -2.61. The number of carbonyl (C=O) groups excluding carboxylic acids is 1. The molecule has 0 bridgehead atoms. The van der Waals surface area contributed by atoms with Crippen molar-refractivity contribution in [1.29, 1.82) is 0 Å². The van der Waals surface area contributed by atoms with Crippen molar-refractivity contribution in [2.24, 2.45) is 0 Å². The number of halogens is 1. The number of hydrogen-bond acceptors (Lipinski definition) is 4. The number of aryl methyl sites for hydroxylation is 1. The summed E-state index contributed by atoms with van der Waals surface area (Å²) in [5, 5.41) is 2.73. The number of ether oxygens (including phenoxy) is 1. The van der Waals surface area contributed by atoms with Gasteiger partial charge in [0.15, 0.2) is 0 Å². The van der Waals surface area contributed by atoms with Crippen molar-refractivity contribution in [3.8, 4) is 5.75 Å². The van der Waals surface area contributed by atoms with E-state index in [0.717, 1.165) is 22.2 Å². The van der Waals surface area contributed by atoms with Crippen LogP contribution in [0.5, 0.6) is 5.75 Å². The summed E-state index contributed by atoms with van der Waals surface area (Å²) in [6, 6.07) is 11.2. The molecule has 2 aromatic rings. The van der Waals surface area contributed by atoms with Crippen molar-refractivity contribution in [2.45, 2.75) is 32.9 Å². The third-order valence-corrected chi connectivity index (χ3v) is 5.30. The van der Waals surface area contributed by atoms with E-state index in [1.807, 2.05) is 31.2 Å². The molecule has 0 unspecified atom stereocenters. The Morgan fingerprint density at radius 2 is 1.82 bits per heavy atom. The summed E-state index contributed by atoms with van der Waals surface area (Å²) in [4.78, 5) is 12.6. The van der Waals surface area contributed by atoms with Gasteiger partial charge in [-0.1, -0.05) is 23.8 Å². The van der Waals surface area contributed by atoms with E-state index in [-0.39, 0.29) is 18.3 Å². The molecule has 0 radical (unpaired) electrons.